The smallest absolute Gasteiger partial charge is 0.0929 e. The van der Waals surface area contributed by atoms with E-state index in [2.05, 4.69) is 27.8 Å². The Hall–Kier alpha value is -1.42. The zero-order valence-electron chi connectivity index (χ0n) is 8.77. The van der Waals surface area contributed by atoms with Crippen LogP contribution in [0.5, 0.6) is 0 Å². The van der Waals surface area contributed by atoms with Crippen LogP contribution in [0.4, 0.5) is 0 Å². The van der Waals surface area contributed by atoms with Crippen LogP contribution in [0.15, 0.2) is 18.3 Å². The third-order valence-electron chi connectivity index (χ3n) is 3.14. The van der Waals surface area contributed by atoms with Crippen molar-refractivity contribution in [2.45, 2.75) is 19.3 Å². The highest BCUT2D eigenvalue weighted by molar-refractivity contribution is 5.59. The van der Waals surface area contributed by atoms with Crippen molar-refractivity contribution >= 4 is 5.52 Å². The van der Waals surface area contributed by atoms with E-state index in [4.69, 9.17) is 0 Å². The van der Waals surface area contributed by atoms with Gasteiger partial charge >= 0.3 is 0 Å². The van der Waals surface area contributed by atoms with Gasteiger partial charge in [0.05, 0.1) is 11.2 Å². The lowest BCUT2D eigenvalue weighted by molar-refractivity contribution is 0.759. The molecule has 1 aliphatic heterocycles. The standard InChI is InChI=1S/C11H14N4/c1-8-11-10(9-4-5-12-7-9)3-2-6-15(11)14-13-8/h2-3,6,9,12H,4-5,7H2,1H3. The van der Waals surface area contributed by atoms with Gasteiger partial charge < -0.3 is 5.32 Å². The van der Waals surface area contributed by atoms with E-state index in [0.29, 0.717) is 5.92 Å². The normalized spacial score (nSPS) is 21.3. The summed E-state index contributed by atoms with van der Waals surface area (Å²) in [5.41, 5.74) is 3.59. The maximum Gasteiger partial charge on any atom is 0.0929 e. The second kappa shape index (κ2) is 3.31. The van der Waals surface area contributed by atoms with Crippen LogP contribution >= 0.6 is 0 Å². The molecule has 0 spiro atoms. The van der Waals surface area contributed by atoms with E-state index in [1.54, 1.807) is 0 Å². The van der Waals surface area contributed by atoms with Gasteiger partial charge in [0, 0.05) is 12.7 Å². The fraction of sp³-hybridized carbons (Fsp3) is 0.455. The Kier molecular flexibility index (Phi) is 1.95. The van der Waals surface area contributed by atoms with Gasteiger partial charge in [-0.1, -0.05) is 11.3 Å². The lowest BCUT2D eigenvalue weighted by Gasteiger charge is -2.10. The molecule has 4 heteroatoms. The van der Waals surface area contributed by atoms with E-state index in [9.17, 15) is 0 Å². The van der Waals surface area contributed by atoms with Crippen molar-refractivity contribution < 1.29 is 0 Å². The number of nitrogens with zero attached hydrogens (tertiary/aromatic N) is 3. The van der Waals surface area contributed by atoms with Crippen LogP contribution in [0.2, 0.25) is 0 Å². The van der Waals surface area contributed by atoms with E-state index in [-0.39, 0.29) is 0 Å². The maximum absolute atomic E-state index is 4.12. The molecule has 1 atom stereocenters. The second-order valence-electron chi connectivity index (χ2n) is 4.12. The summed E-state index contributed by atoms with van der Waals surface area (Å²) < 4.78 is 1.88. The van der Waals surface area contributed by atoms with Crippen molar-refractivity contribution in [2.24, 2.45) is 0 Å². The number of hydrogen-bond donors (Lipinski definition) is 1. The molecule has 15 heavy (non-hydrogen) atoms. The molecule has 0 saturated carbocycles. The Bertz CT molecular complexity index is 482. The average Bonchev–Trinajstić information content (AvgIpc) is 2.88. The molecule has 1 N–H and O–H groups in total. The Labute approximate surface area is 88.3 Å². The fourth-order valence-corrected chi connectivity index (χ4v) is 2.38. The largest absolute Gasteiger partial charge is 0.316 e. The molecule has 1 fully saturated rings. The third kappa shape index (κ3) is 1.33. The zero-order chi connectivity index (χ0) is 10.3. The molecule has 1 aliphatic rings. The molecule has 1 saturated heterocycles. The fourth-order valence-electron chi connectivity index (χ4n) is 2.38. The Morgan fingerprint density at radius 3 is 3.27 bits per heavy atom. The van der Waals surface area contributed by atoms with Crippen molar-refractivity contribution in [1.29, 1.82) is 0 Å². The molecule has 2 aromatic heterocycles. The van der Waals surface area contributed by atoms with Crippen molar-refractivity contribution in [3.63, 3.8) is 0 Å². The highest BCUT2D eigenvalue weighted by atomic mass is 15.4. The van der Waals surface area contributed by atoms with Crippen LogP contribution in [0.25, 0.3) is 5.52 Å². The number of nitrogens with one attached hydrogen (secondary N) is 1. The van der Waals surface area contributed by atoms with E-state index >= 15 is 0 Å². The molecule has 78 valence electrons. The van der Waals surface area contributed by atoms with Gasteiger partial charge in [-0.15, -0.1) is 5.10 Å². The zero-order valence-corrected chi connectivity index (χ0v) is 8.77. The van der Waals surface area contributed by atoms with Crippen molar-refractivity contribution in [3.8, 4) is 0 Å². The van der Waals surface area contributed by atoms with Gasteiger partial charge in [-0.2, -0.15) is 0 Å². The monoisotopic (exact) mass is 202 g/mol. The number of fused-ring (bicyclic) bond motifs is 1. The SMILES string of the molecule is Cc1nnn2cccc(C3CCNC3)c12. The Morgan fingerprint density at radius 2 is 2.47 bits per heavy atom. The van der Waals surface area contributed by atoms with Crippen LogP contribution in [0.3, 0.4) is 0 Å². The topological polar surface area (TPSA) is 42.2 Å². The molecule has 3 heterocycles. The summed E-state index contributed by atoms with van der Waals surface area (Å²) in [4.78, 5) is 0. The quantitative estimate of drug-likeness (QED) is 0.753. The molecule has 0 bridgehead atoms. The first-order chi connectivity index (χ1) is 7.36. The Balaban J connectivity index is 2.19. The summed E-state index contributed by atoms with van der Waals surface area (Å²) in [5.74, 6) is 0.617. The van der Waals surface area contributed by atoms with Crippen LogP contribution in [0, 0.1) is 6.92 Å². The van der Waals surface area contributed by atoms with Gasteiger partial charge in [0.2, 0.25) is 0 Å². The van der Waals surface area contributed by atoms with Gasteiger partial charge in [-0.3, -0.25) is 0 Å². The summed E-state index contributed by atoms with van der Waals surface area (Å²) in [7, 11) is 0. The Morgan fingerprint density at radius 1 is 1.53 bits per heavy atom. The van der Waals surface area contributed by atoms with Gasteiger partial charge in [0.1, 0.15) is 0 Å². The minimum Gasteiger partial charge on any atom is -0.316 e. The van der Waals surface area contributed by atoms with Crippen molar-refractivity contribution in [2.75, 3.05) is 13.1 Å². The number of aryl methyl sites for hydroxylation is 1. The van der Waals surface area contributed by atoms with Crippen molar-refractivity contribution in [1.82, 2.24) is 20.1 Å². The molecule has 4 nitrogen and oxygen atoms in total. The van der Waals surface area contributed by atoms with Crippen molar-refractivity contribution in [3.05, 3.63) is 29.6 Å². The first-order valence-electron chi connectivity index (χ1n) is 5.37. The number of rotatable bonds is 1. The van der Waals surface area contributed by atoms with Crippen LogP contribution in [0.1, 0.15) is 23.6 Å². The van der Waals surface area contributed by atoms with Gasteiger partial charge in [0.15, 0.2) is 0 Å². The summed E-state index contributed by atoms with van der Waals surface area (Å²) in [6.45, 7) is 4.21. The van der Waals surface area contributed by atoms with E-state index in [1.807, 2.05) is 17.6 Å². The number of aromatic nitrogens is 3. The molecule has 3 rings (SSSR count). The lowest BCUT2D eigenvalue weighted by Crippen LogP contribution is -2.08. The maximum atomic E-state index is 4.12. The predicted molar refractivity (Wildman–Crippen MR) is 58.0 cm³/mol. The third-order valence-corrected chi connectivity index (χ3v) is 3.14. The summed E-state index contributed by atoms with van der Waals surface area (Å²) >= 11 is 0. The summed E-state index contributed by atoms with van der Waals surface area (Å²) in [5, 5.41) is 11.6. The molecule has 0 aromatic carbocycles. The molecule has 0 aliphatic carbocycles. The minimum atomic E-state index is 0.617. The van der Waals surface area contributed by atoms with Crippen LogP contribution < -0.4 is 5.32 Å². The van der Waals surface area contributed by atoms with Gasteiger partial charge in [-0.25, -0.2) is 4.52 Å². The summed E-state index contributed by atoms with van der Waals surface area (Å²) in [6, 6.07) is 4.25. The summed E-state index contributed by atoms with van der Waals surface area (Å²) in [6.07, 6.45) is 3.17. The van der Waals surface area contributed by atoms with Crippen LogP contribution in [-0.2, 0) is 0 Å². The molecular weight excluding hydrogens is 188 g/mol. The predicted octanol–water partition coefficient (Wildman–Crippen LogP) is 1.11. The average molecular weight is 202 g/mol. The highest BCUT2D eigenvalue weighted by Crippen LogP contribution is 2.26. The first kappa shape index (κ1) is 8.85. The first-order valence-corrected chi connectivity index (χ1v) is 5.37. The molecule has 1 unspecified atom stereocenters. The van der Waals surface area contributed by atoms with Gasteiger partial charge in [-0.05, 0) is 37.4 Å². The van der Waals surface area contributed by atoms with E-state index in [0.717, 1.165) is 18.8 Å². The van der Waals surface area contributed by atoms with Gasteiger partial charge in [0.25, 0.3) is 0 Å². The molecule has 0 radical (unpaired) electrons. The number of hydrogen-bond acceptors (Lipinski definition) is 3. The molecule has 2 aromatic rings. The van der Waals surface area contributed by atoms with E-state index < -0.39 is 0 Å². The molecule has 0 amide bonds. The lowest BCUT2D eigenvalue weighted by atomic mass is 9.97. The number of pyridine rings is 1. The highest BCUT2D eigenvalue weighted by Gasteiger charge is 2.20. The minimum absolute atomic E-state index is 0.617. The second-order valence-corrected chi connectivity index (χ2v) is 4.12. The molecular formula is C11H14N4. The van der Waals surface area contributed by atoms with E-state index in [1.165, 1.54) is 17.5 Å². The van der Waals surface area contributed by atoms with Crippen LogP contribution in [-0.4, -0.2) is 27.9 Å².